The number of alkyl halides is 2. The lowest BCUT2D eigenvalue weighted by atomic mass is 10.0. The largest absolute Gasteiger partial charge is 0.387 e. The summed E-state index contributed by atoms with van der Waals surface area (Å²) in [5, 5.41) is 9.99. The number of aliphatic hydroxyl groups is 1. The molecule has 1 aromatic rings. The van der Waals surface area contributed by atoms with Gasteiger partial charge >= 0.3 is 0 Å². The number of nitrogens with zero attached hydrogens (tertiary/aromatic N) is 1. The highest BCUT2D eigenvalue weighted by molar-refractivity contribution is 5.32. The van der Waals surface area contributed by atoms with Crippen LogP contribution in [-0.2, 0) is 0 Å². The first kappa shape index (κ1) is 14.1. The Morgan fingerprint density at radius 3 is 2.41 bits per heavy atom. The number of benzene rings is 1. The highest BCUT2D eigenvalue weighted by Gasteiger charge is 2.15. The summed E-state index contributed by atoms with van der Waals surface area (Å²) in [4.78, 5) is 1.44. The van der Waals surface area contributed by atoms with Crippen LogP contribution in [-0.4, -0.2) is 36.6 Å². The molecule has 1 N–H and O–H groups in total. The third kappa shape index (κ3) is 4.40. The molecule has 0 aliphatic rings. The fraction of sp³-hybridized carbons (Fsp3) is 0.538. The van der Waals surface area contributed by atoms with Crippen LogP contribution in [0.15, 0.2) is 18.2 Å². The highest BCUT2D eigenvalue weighted by atomic mass is 19.3. The average Bonchev–Trinajstić information content (AvgIpc) is 2.15. The monoisotopic (exact) mass is 243 g/mol. The molecule has 1 rings (SSSR count). The van der Waals surface area contributed by atoms with E-state index in [2.05, 4.69) is 0 Å². The van der Waals surface area contributed by atoms with Gasteiger partial charge in [0.2, 0.25) is 0 Å². The van der Waals surface area contributed by atoms with E-state index in [9.17, 15) is 13.9 Å². The van der Waals surface area contributed by atoms with Gasteiger partial charge in [-0.05, 0) is 32.0 Å². The van der Waals surface area contributed by atoms with Crippen molar-refractivity contribution in [3.63, 3.8) is 0 Å². The van der Waals surface area contributed by atoms with Crippen molar-refractivity contribution in [1.29, 1.82) is 0 Å². The zero-order valence-corrected chi connectivity index (χ0v) is 10.5. The van der Waals surface area contributed by atoms with Gasteiger partial charge in [0.15, 0.2) is 0 Å². The summed E-state index contributed by atoms with van der Waals surface area (Å²) < 4.78 is 24.3. The molecule has 96 valence electrons. The molecule has 0 aromatic heterocycles. The molecular formula is C13H19F2NO. The maximum absolute atomic E-state index is 12.1. The number of halogens is 2. The van der Waals surface area contributed by atoms with Gasteiger partial charge in [0, 0.05) is 6.54 Å². The molecule has 0 aliphatic heterocycles. The maximum atomic E-state index is 12.1. The van der Waals surface area contributed by atoms with E-state index >= 15 is 0 Å². The van der Waals surface area contributed by atoms with Crippen molar-refractivity contribution in [1.82, 2.24) is 4.90 Å². The van der Waals surface area contributed by atoms with Gasteiger partial charge in [-0.1, -0.05) is 23.8 Å². The van der Waals surface area contributed by atoms with Crippen LogP contribution in [0.5, 0.6) is 0 Å². The summed E-state index contributed by atoms with van der Waals surface area (Å²) in [6.07, 6.45) is -3.09. The SMILES string of the molecule is Cc1ccc(C(O)CN(C)CC(F)F)c(C)c1. The van der Waals surface area contributed by atoms with E-state index in [1.165, 1.54) is 4.90 Å². The van der Waals surface area contributed by atoms with Crippen LogP contribution in [0.2, 0.25) is 0 Å². The molecule has 0 saturated carbocycles. The lowest BCUT2D eigenvalue weighted by molar-refractivity contribution is 0.0678. The Balaban J connectivity index is 2.66. The summed E-state index contributed by atoms with van der Waals surface area (Å²) in [5.41, 5.74) is 2.92. The topological polar surface area (TPSA) is 23.5 Å². The molecule has 0 radical (unpaired) electrons. The Bertz CT molecular complexity index is 368. The predicted molar refractivity (Wildman–Crippen MR) is 64.4 cm³/mol. The number of rotatable bonds is 5. The molecule has 17 heavy (non-hydrogen) atoms. The summed E-state index contributed by atoms with van der Waals surface area (Å²) in [6.45, 7) is 3.79. The quantitative estimate of drug-likeness (QED) is 0.859. The molecule has 0 bridgehead atoms. The summed E-state index contributed by atoms with van der Waals surface area (Å²) in [7, 11) is 1.58. The van der Waals surface area contributed by atoms with Crippen LogP contribution < -0.4 is 0 Å². The first-order chi connectivity index (χ1) is 7.90. The van der Waals surface area contributed by atoms with Crippen LogP contribution in [0.25, 0.3) is 0 Å². The normalized spacial score (nSPS) is 13.4. The van der Waals surface area contributed by atoms with E-state index in [-0.39, 0.29) is 13.1 Å². The third-order valence-corrected chi connectivity index (χ3v) is 2.72. The molecule has 0 fully saturated rings. The fourth-order valence-electron chi connectivity index (χ4n) is 1.90. The summed E-state index contributed by atoms with van der Waals surface area (Å²) >= 11 is 0. The van der Waals surface area contributed by atoms with Crippen LogP contribution in [0.1, 0.15) is 22.8 Å². The van der Waals surface area contributed by atoms with Crippen molar-refractivity contribution in [3.8, 4) is 0 Å². The van der Waals surface area contributed by atoms with E-state index in [0.717, 1.165) is 16.7 Å². The Hall–Kier alpha value is -1.00. The number of hydrogen-bond donors (Lipinski definition) is 1. The van der Waals surface area contributed by atoms with Crippen molar-refractivity contribution in [3.05, 3.63) is 34.9 Å². The van der Waals surface area contributed by atoms with Crippen LogP contribution in [0.3, 0.4) is 0 Å². The molecule has 0 spiro atoms. The second kappa shape index (κ2) is 6.07. The molecule has 0 heterocycles. The number of aryl methyl sites for hydroxylation is 2. The molecule has 0 aliphatic carbocycles. The molecule has 1 atom stereocenters. The van der Waals surface area contributed by atoms with Gasteiger partial charge in [0.05, 0.1) is 12.6 Å². The summed E-state index contributed by atoms with van der Waals surface area (Å²) in [6, 6.07) is 5.75. The molecule has 1 aromatic carbocycles. The van der Waals surface area contributed by atoms with Crippen molar-refractivity contribution in [2.75, 3.05) is 20.1 Å². The Labute approximate surface area is 101 Å². The lowest BCUT2D eigenvalue weighted by Crippen LogP contribution is -2.29. The molecular weight excluding hydrogens is 224 g/mol. The number of likely N-dealkylation sites (N-methyl/N-ethyl adjacent to an activating group) is 1. The third-order valence-electron chi connectivity index (χ3n) is 2.72. The standard InChI is InChI=1S/C13H19F2NO/c1-9-4-5-11(10(2)6-9)12(17)7-16(3)8-13(14)15/h4-6,12-13,17H,7-8H2,1-3H3. The van der Waals surface area contributed by atoms with Crippen molar-refractivity contribution >= 4 is 0 Å². The minimum Gasteiger partial charge on any atom is -0.387 e. The number of aliphatic hydroxyl groups excluding tert-OH is 1. The second-order valence-electron chi connectivity index (χ2n) is 4.49. The highest BCUT2D eigenvalue weighted by Crippen LogP contribution is 2.19. The van der Waals surface area contributed by atoms with E-state index in [1.807, 2.05) is 32.0 Å². The minimum atomic E-state index is -2.37. The van der Waals surface area contributed by atoms with Crippen LogP contribution >= 0.6 is 0 Å². The Morgan fingerprint density at radius 1 is 1.24 bits per heavy atom. The van der Waals surface area contributed by atoms with Gasteiger partial charge in [0.1, 0.15) is 0 Å². The van der Waals surface area contributed by atoms with Crippen molar-refractivity contribution in [2.45, 2.75) is 26.4 Å². The first-order valence-electron chi connectivity index (χ1n) is 5.62. The van der Waals surface area contributed by atoms with Crippen molar-refractivity contribution < 1.29 is 13.9 Å². The molecule has 0 amide bonds. The molecule has 1 unspecified atom stereocenters. The van der Waals surface area contributed by atoms with Gasteiger partial charge < -0.3 is 5.11 Å². The maximum Gasteiger partial charge on any atom is 0.251 e. The van der Waals surface area contributed by atoms with Gasteiger partial charge in [-0.25, -0.2) is 8.78 Å². The molecule has 0 saturated heterocycles. The van der Waals surface area contributed by atoms with Gasteiger partial charge in [0.25, 0.3) is 6.43 Å². The molecule has 4 heteroatoms. The zero-order valence-electron chi connectivity index (χ0n) is 10.5. The van der Waals surface area contributed by atoms with Gasteiger partial charge in [-0.3, -0.25) is 4.90 Å². The van der Waals surface area contributed by atoms with Crippen molar-refractivity contribution in [2.24, 2.45) is 0 Å². The lowest BCUT2D eigenvalue weighted by Gasteiger charge is -2.21. The molecule has 2 nitrogen and oxygen atoms in total. The van der Waals surface area contributed by atoms with E-state index in [1.54, 1.807) is 7.05 Å². The second-order valence-corrected chi connectivity index (χ2v) is 4.49. The fourth-order valence-corrected chi connectivity index (χ4v) is 1.90. The Kier molecular flexibility index (Phi) is 5.02. The smallest absolute Gasteiger partial charge is 0.251 e. The van der Waals surface area contributed by atoms with E-state index in [4.69, 9.17) is 0 Å². The summed E-state index contributed by atoms with van der Waals surface area (Å²) in [5.74, 6) is 0. The Morgan fingerprint density at radius 2 is 1.88 bits per heavy atom. The average molecular weight is 243 g/mol. The van der Waals surface area contributed by atoms with Crippen LogP contribution in [0.4, 0.5) is 8.78 Å². The zero-order chi connectivity index (χ0) is 13.0. The minimum absolute atomic E-state index is 0.217. The van der Waals surface area contributed by atoms with E-state index < -0.39 is 12.5 Å². The van der Waals surface area contributed by atoms with Gasteiger partial charge in [-0.2, -0.15) is 0 Å². The number of hydrogen-bond acceptors (Lipinski definition) is 2. The van der Waals surface area contributed by atoms with E-state index in [0.29, 0.717) is 0 Å². The predicted octanol–water partition coefficient (Wildman–Crippen LogP) is 2.53. The van der Waals surface area contributed by atoms with Crippen LogP contribution in [0, 0.1) is 13.8 Å². The van der Waals surface area contributed by atoms with Gasteiger partial charge in [-0.15, -0.1) is 0 Å². The first-order valence-corrected chi connectivity index (χ1v) is 5.62.